The van der Waals surface area contributed by atoms with Crippen LogP contribution < -0.4 is 5.32 Å². The fourth-order valence-corrected chi connectivity index (χ4v) is 1.40. The third kappa shape index (κ3) is 6.68. The van der Waals surface area contributed by atoms with Crippen molar-refractivity contribution in [3.05, 3.63) is 30.1 Å². The second-order valence-corrected chi connectivity index (χ2v) is 4.80. The van der Waals surface area contributed by atoms with E-state index in [9.17, 15) is 9.90 Å². The quantitative estimate of drug-likeness (QED) is 0.782. The van der Waals surface area contributed by atoms with Crippen molar-refractivity contribution >= 4 is 5.91 Å². The Morgan fingerprint density at radius 3 is 2.88 bits per heavy atom. The average molecular weight is 236 g/mol. The molecule has 0 radical (unpaired) electrons. The average Bonchev–Trinajstić information content (AvgIpc) is 2.27. The Hall–Kier alpha value is -1.42. The molecule has 0 aliphatic carbocycles. The highest BCUT2D eigenvalue weighted by atomic mass is 16.3. The van der Waals surface area contributed by atoms with E-state index in [2.05, 4.69) is 10.3 Å². The number of rotatable bonds is 6. The van der Waals surface area contributed by atoms with Gasteiger partial charge >= 0.3 is 0 Å². The number of hydrogen-bond donors (Lipinski definition) is 2. The zero-order valence-electron chi connectivity index (χ0n) is 10.4. The Balaban J connectivity index is 2.17. The van der Waals surface area contributed by atoms with Crippen LogP contribution in [0.25, 0.3) is 0 Å². The summed E-state index contributed by atoms with van der Waals surface area (Å²) in [6.07, 6.45) is 5.67. The Bertz CT molecular complexity index is 344. The van der Waals surface area contributed by atoms with Crippen molar-refractivity contribution in [2.24, 2.45) is 0 Å². The molecule has 1 aromatic heterocycles. The molecule has 1 heterocycles. The van der Waals surface area contributed by atoms with E-state index in [0.717, 1.165) is 18.4 Å². The minimum absolute atomic E-state index is 0.0176. The van der Waals surface area contributed by atoms with Gasteiger partial charge in [0.15, 0.2) is 0 Å². The van der Waals surface area contributed by atoms with Gasteiger partial charge in [-0.2, -0.15) is 0 Å². The maximum absolute atomic E-state index is 11.4. The standard InChI is InChI=1S/C13H20N2O2/c1-13(2,17)10-15-12(16)7-3-5-11-6-4-8-14-9-11/h4,6,8-9,17H,3,5,7,10H2,1-2H3,(H,15,16). The number of carbonyl (C=O) groups excluding carboxylic acids is 1. The molecule has 0 aliphatic rings. The Morgan fingerprint density at radius 1 is 1.53 bits per heavy atom. The van der Waals surface area contributed by atoms with Gasteiger partial charge in [0.05, 0.1) is 5.60 Å². The van der Waals surface area contributed by atoms with Crippen LogP contribution in [0.5, 0.6) is 0 Å². The molecule has 1 aromatic rings. The minimum Gasteiger partial charge on any atom is -0.389 e. The first kappa shape index (κ1) is 13.6. The molecule has 0 bridgehead atoms. The van der Waals surface area contributed by atoms with Gasteiger partial charge < -0.3 is 10.4 Å². The number of nitrogens with zero attached hydrogens (tertiary/aromatic N) is 1. The highest BCUT2D eigenvalue weighted by molar-refractivity contribution is 5.75. The predicted molar refractivity (Wildman–Crippen MR) is 66.5 cm³/mol. The molecule has 0 aliphatic heterocycles. The molecule has 0 fully saturated rings. The van der Waals surface area contributed by atoms with Crippen molar-refractivity contribution in [1.82, 2.24) is 10.3 Å². The summed E-state index contributed by atoms with van der Waals surface area (Å²) in [4.78, 5) is 15.5. The lowest BCUT2D eigenvalue weighted by molar-refractivity contribution is -0.122. The molecule has 2 N–H and O–H groups in total. The molecular weight excluding hydrogens is 216 g/mol. The van der Waals surface area contributed by atoms with Crippen LogP contribution in [0.2, 0.25) is 0 Å². The highest BCUT2D eigenvalue weighted by Gasteiger charge is 2.13. The van der Waals surface area contributed by atoms with Gasteiger partial charge in [0.2, 0.25) is 5.91 Å². The van der Waals surface area contributed by atoms with E-state index in [1.807, 2.05) is 18.3 Å². The number of aliphatic hydroxyl groups is 1. The number of nitrogens with one attached hydrogen (secondary N) is 1. The number of carbonyl (C=O) groups is 1. The molecule has 17 heavy (non-hydrogen) atoms. The molecule has 0 saturated heterocycles. The molecule has 4 nitrogen and oxygen atoms in total. The summed E-state index contributed by atoms with van der Waals surface area (Å²) in [5.74, 6) is -0.0176. The van der Waals surface area contributed by atoms with Gasteiger partial charge in [-0.15, -0.1) is 0 Å². The van der Waals surface area contributed by atoms with E-state index in [0.29, 0.717) is 13.0 Å². The molecular formula is C13H20N2O2. The summed E-state index contributed by atoms with van der Waals surface area (Å²) >= 11 is 0. The number of aromatic nitrogens is 1. The molecule has 0 saturated carbocycles. The Labute approximate surface area is 102 Å². The molecule has 1 amide bonds. The van der Waals surface area contributed by atoms with Crippen molar-refractivity contribution in [2.75, 3.05) is 6.54 Å². The van der Waals surface area contributed by atoms with Crippen molar-refractivity contribution in [3.63, 3.8) is 0 Å². The SMILES string of the molecule is CC(C)(O)CNC(=O)CCCc1cccnc1. The highest BCUT2D eigenvalue weighted by Crippen LogP contribution is 2.03. The summed E-state index contributed by atoms with van der Waals surface area (Å²) in [5, 5.41) is 12.2. The number of pyridine rings is 1. The lowest BCUT2D eigenvalue weighted by atomic mass is 10.1. The maximum Gasteiger partial charge on any atom is 0.220 e. The van der Waals surface area contributed by atoms with Crippen LogP contribution >= 0.6 is 0 Å². The van der Waals surface area contributed by atoms with Gasteiger partial charge in [-0.3, -0.25) is 9.78 Å². The third-order valence-corrected chi connectivity index (χ3v) is 2.31. The van der Waals surface area contributed by atoms with Gasteiger partial charge in [-0.25, -0.2) is 0 Å². The van der Waals surface area contributed by atoms with Gasteiger partial charge in [-0.1, -0.05) is 6.07 Å². The lowest BCUT2D eigenvalue weighted by Gasteiger charge is -2.17. The normalized spacial score (nSPS) is 11.2. The lowest BCUT2D eigenvalue weighted by Crippen LogP contribution is -2.38. The summed E-state index contributed by atoms with van der Waals surface area (Å²) in [5.41, 5.74) is 0.293. The summed E-state index contributed by atoms with van der Waals surface area (Å²) in [7, 11) is 0. The van der Waals surface area contributed by atoms with E-state index in [-0.39, 0.29) is 5.91 Å². The molecule has 0 spiro atoms. The predicted octanol–water partition coefficient (Wildman–Crippen LogP) is 1.29. The van der Waals surface area contributed by atoms with E-state index in [1.54, 1.807) is 20.0 Å². The molecule has 94 valence electrons. The zero-order valence-corrected chi connectivity index (χ0v) is 10.4. The van der Waals surface area contributed by atoms with Crippen LogP contribution in [0.3, 0.4) is 0 Å². The van der Waals surface area contributed by atoms with Gasteiger partial charge in [0.25, 0.3) is 0 Å². The first-order chi connectivity index (χ1) is 7.97. The third-order valence-electron chi connectivity index (χ3n) is 2.31. The van der Waals surface area contributed by atoms with E-state index in [4.69, 9.17) is 0 Å². The summed E-state index contributed by atoms with van der Waals surface area (Å²) < 4.78 is 0. The topological polar surface area (TPSA) is 62.2 Å². The van der Waals surface area contributed by atoms with Crippen molar-refractivity contribution in [3.8, 4) is 0 Å². The fraction of sp³-hybridized carbons (Fsp3) is 0.538. The Kier molecular flexibility index (Phi) is 5.10. The smallest absolute Gasteiger partial charge is 0.220 e. The second kappa shape index (κ2) is 6.35. The van der Waals surface area contributed by atoms with Crippen molar-refractivity contribution in [1.29, 1.82) is 0 Å². The summed E-state index contributed by atoms with van der Waals surface area (Å²) in [6.45, 7) is 3.63. The second-order valence-electron chi connectivity index (χ2n) is 4.80. The van der Waals surface area contributed by atoms with Crippen molar-refractivity contribution in [2.45, 2.75) is 38.7 Å². The van der Waals surface area contributed by atoms with Crippen LogP contribution in [0.4, 0.5) is 0 Å². The van der Waals surface area contributed by atoms with E-state index >= 15 is 0 Å². The Morgan fingerprint density at radius 2 is 2.29 bits per heavy atom. The fourth-order valence-electron chi connectivity index (χ4n) is 1.40. The first-order valence-corrected chi connectivity index (χ1v) is 5.85. The van der Waals surface area contributed by atoms with Crippen LogP contribution in [-0.2, 0) is 11.2 Å². The first-order valence-electron chi connectivity index (χ1n) is 5.85. The van der Waals surface area contributed by atoms with Gasteiger partial charge in [-0.05, 0) is 38.3 Å². The van der Waals surface area contributed by atoms with Gasteiger partial charge in [0.1, 0.15) is 0 Å². The molecule has 0 unspecified atom stereocenters. The molecule has 4 heteroatoms. The largest absolute Gasteiger partial charge is 0.389 e. The van der Waals surface area contributed by atoms with Crippen LogP contribution in [0.1, 0.15) is 32.3 Å². The molecule has 0 atom stereocenters. The van der Waals surface area contributed by atoms with Gasteiger partial charge in [0, 0.05) is 25.4 Å². The molecule has 1 rings (SSSR count). The zero-order chi connectivity index (χ0) is 12.7. The van der Waals surface area contributed by atoms with Crippen LogP contribution in [0.15, 0.2) is 24.5 Å². The number of amides is 1. The minimum atomic E-state index is -0.848. The number of hydrogen-bond acceptors (Lipinski definition) is 3. The van der Waals surface area contributed by atoms with Crippen LogP contribution in [-0.4, -0.2) is 28.1 Å². The van der Waals surface area contributed by atoms with E-state index < -0.39 is 5.60 Å². The number of aryl methyl sites for hydroxylation is 1. The molecule has 0 aromatic carbocycles. The monoisotopic (exact) mass is 236 g/mol. The van der Waals surface area contributed by atoms with E-state index in [1.165, 1.54) is 0 Å². The summed E-state index contributed by atoms with van der Waals surface area (Å²) in [6, 6.07) is 3.89. The van der Waals surface area contributed by atoms with Crippen LogP contribution in [0, 0.1) is 0 Å². The van der Waals surface area contributed by atoms with Crippen molar-refractivity contribution < 1.29 is 9.90 Å². The maximum atomic E-state index is 11.4.